The highest BCUT2D eigenvalue weighted by atomic mass is 32.2. The van der Waals surface area contributed by atoms with Crippen molar-refractivity contribution in [3.05, 3.63) is 59.1 Å². The molecule has 2 aliphatic heterocycles. The van der Waals surface area contributed by atoms with Gasteiger partial charge in [0.15, 0.2) is 11.0 Å². The zero-order valence-electron chi connectivity index (χ0n) is 14.7. The van der Waals surface area contributed by atoms with Gasteiger partial charge in [0.05, 0.1) is 16.2 Å². The number of hydrogen-bond acceptors (Lipinski definition) is 6. The number of nitrogens with zero attached hydrogens (tertiary/aromatic N) is 4. The first-order chi connectivity index (χ1) is 13.5. The Morgan fingerprint density at radius 3 is 2.61 bits per heavy atom. The molecule has 0 unspecified atom stereocenters. The standard InChI is InChI=1S/C19H14N4O4S/c1-22-18(27)16(28-19(22)21-13-8-4-5-9-20-13)15-11-6-2-3-7-12(11)23(17(15)26)10-14(24)25/h2-9H,10H2,1H3,(H,24,25)/b16-15-,21-19+. The number of amides is 2. The highest BCUT2D eigenvalue weighted by Gasteiger charge is 2.41. The summed E-state index contributed by atoms with van der Waals surface area (Å²) in [6.07, 6.45) is 1.60. The van der Waals surface area contributed by atoms with E-state index in [4.69, 9.17) is 5.11 Å². The van der Waals surface area contributed by atoms with Crippen molar-refractivity contribution in [1.29, 1.82) is 0 Å². The van der Waals surface area contributed by atoms with Crippen LogP contribution in [-0.2, 0) is 14.4 Å². The zero-order valence-corrected chi connectivity index (χ0v) is 15.5. The van der Waals surface area contributed by atoms with E-state index in [1.165, 1.54) is 9.80 Å². The van der Waals surface area contributed by atoms with Crippen LogP contribution >= 0.6 is 11.8 Å². The van der Waals surface area contributed by atoms with Crippen LogP contribution in [0.4, 0.5) is 11.5 Å². The molecule has 2 amide bonds. The summed E-state index contributed by atoms with van der Waals surface area (Å²) in [5, 5.41) is 9.55. The quantitative estimate of drug-likeness (QED) is 0.800. The van der Waals surface area contributed by atoms with Gasteiger partial charge in [-0.15, -0.1) is 0 Å². The van der Waals surface area contributed by atoms with Crippen molar-refractivity contribution in [2.45, 2.75) is 0 Å². The third-order valence-corrected chi connectivity index (χ3v) is 5.41. The maximum absolute atomic E-state index is 13.0. The lowest BCUT2D eigenvalue weighted by molar-refractivity contribution is -0.136. The first-order valence-electron chi connectivity index (χ1n) is 8.30. The van der Waals surface area contributed by atoms with E-state index >= 15 is 0 Å². The molecule has 1 aromatic heterocycles. The highest BCUT2D eigenvalue weighted by Crippen LogP contribution is 2.44. The van der Waals surface area contributed by atoms with Crippen molar-refractivity contribution < 1.29 is 19.5 Å². The van der Waals surface area contributed by atoms with Crippen LogP contribution in [0.25, 0.3) is 5.57 Å². The van der Waals surface area contributed by atoms with Gasteiger partial charge >= 0.3 is 5.97 Å². The number of carbonyl (C=O) groups excluding carboxylic acids is 2. The fraction of sp³-hybridized carbons (Fsp3) is 0.105. The second-order valence-electron chi connectivity index (χ2n) is 6.05. The number of carbonyl (C=O) groups is 3. The molecule has 140 valence electrons. The Morgan fingerprint density at radius 1 is 1.14 bits per heavy atom. The first kappa shape index (κ1) is 17.9. The number of thioether (sulfide) groups is 1. The Labute approximate surface area is 164 Å². The van der Waals surface area contributed by atoms with E-state index in [-0.39, 0.29) is 16.4 Å². The Hall–Kier alpha value is -3.46. The Bertz CT molecular complexity index is 1060. The highest BCUT2D eigenvalue weighted by molar-refractivity contribution is 8.18. The van der Waals surface area contributed by atoms with Gasteiger partial charge in [-0.05, 0) is 30.0 Å². The van der Waals surface area contributed by atoms with Crippen molar-refractivity contribution in [3.8, 4) is 0 Å². The predicted molar refractivity (Wildman–Crippen MR) is 105 cm³/mol. The van der Waals surface area contributed by atoms with Gasteiger partial charge in [0.1, 0.15) is 6.54 Å². The first-order valence-corrected chi connectivity index (χ1v) is 9.12. The molecule has 0 saturated carbocycles. The number of fused-ring (bicyclic) bond motifs is 1. The summed E-state index contributed by atoms with van der Waals surface area (Å²) < 4.78 is 0. The second kappa shape index (κ2) is 6.93. The number of rotatable bonds is 3. The van der Waals surface area contributed by atoms with E-state index in [0.717, 1.165) is 11.8 Å². The van der Waals surface area contributed by atoms with Crippen LogP contribution < -0.4 is 4.90 Å². The maximum Gasteiger partial charge on any atom is 0.323 e. The lowest BCUT2D eigenvalue weighted by atomic mass is 10.1. The number of aliphatic carboxylic acids is 1. The topological polar surface area (TPSA) is 103 Å². The van der Waals surface area contributed by atoms with Crippen LogP contribution in [0.5, 0.6) is 0 Å². The fourth-order valence-electron chi connectivity index (χ4n) is 3.01. The number of aromatic nitrogens is 1. The minimum absolute atomic E-state index is 0.199. The van der Waals surface area contributed by atoms with Crippen LogP contribution in [0.15, 0.2) is 58.6 Å². The molecule has 3 heterocycles. The molecule has 8 nitrogen and oxygen atoms in total. The molecule has 2 aliphatic rings. The SMILES string of the molecule is CN1C(=O)/C(=C2/C(=O)N(CC(=O)O)c3ccccc32)S/C1=N/c1ccccn1. The Balaban J connectivity index is 1.80. The Kier molecular flexibility index (Phi) is 4.44. The summed E-state index contributed by atoms with van der Waals surface area (Å²) in [6, 6.07) is 12.1. The number of anilines is 1. The van der Waals surface area contributed by atoms with E-state index in [0.29, 0.717) is 22.2 Å². The Morgan fingerprint density at radius 2 is 1.89 bits per heavy atom. The van der Waals surface area contributed by atoms with Crippen molar-refractivity contribution in [3.63, 3.8) is 0 Å². The van der Waals surface area contributed by atoms with Crippen LogP contribution in [-0.4, -0.2) is 51.5 Å². The van der Waals surface area contributed by atoms with Crippen molar-refractivity contribution in [2.75, 3.05) is 18.5 Å². The minimum atomic E-state index is -1.13. The van der Waals surface area contributed by atoms with Gasteiger partial charge in [0, 0.05) is 18.8 Å². The third-order valence-electron chi connectivity index (χ3n) is 4.28. The second-order valence-corrected chi connectivity index (χ2v) is 7.03. The number of amidine groups is 1. The number of likely N-dealkylation sites (N-methyl/N-ethyl adjacent to an activating group) is 1. The maximum atomic E-state index is 13.0. The minimum Gasteiger partial charge on any atom is -0.480 e. The molecule has 1 N–H and O–H groups in total. The predicted octanol–water partition coefficient (Wildman–Crippen LogP) is 2.12. The summed E-state index contributed by atoms with van der Waals surface area (Å²) in [5.41, 5.74) is 1.21. The van der Waals surface area contributed by atoms with Crippen LogP contribution in [0, 0.1) is 0 Å². The number of aliphatic imine (C=N–C) groups is 1. The fourth-order valence-corrected chi connectivity index (χ4v) is 4.07. The van der Waals surface area contributed by atoms with Gasteiger partial charge in [0.25, 0.3) is 11.8 Å². The summed E-state index contributed by atoms with van der Waals surface area (Å²) in [5.74, 6) is -1.56. The smallest absolute Gasteiger partial charge is 0.323 e. The van der Waals surface area contributed by atoms with Crippen LogP contribution in [0.3, 0.4) is 0 Å². The third kappa shape index (κ3) is 2.95. The molecule has 0 bridgehead atoms. The molecule has 4 rings (SSSR count). The van der Waals surface area contributed by atoms with Crippen LogP contribution in [0.2, 0.25) is 0 Å². The molecule has 9 heteroatoms. The van der Waals surface area contributed by atoms with Crippen molar-refractivity contribution in [2.24, 2.45) is 4.99 Å². The number of hydrogen-bond donors (Lipinski definition) is 1. The zero-order chi connectivity index (χ0) is 19.8. The van der Waals surface area contributed by atoms with Crippen molar-refractivity contribution >= 4 is 51.8 Å². The molecule has 0 spiro atoms. The molecule has 0 radical (unpaired) electrons. The molecular formula is C19H14N4O4S. The number of pyridine rings is 1. The lowest BCUT2D eigenvalue weighted by Gasteiger charge is -2.13. The normalized spacial score (nSPS) is 20.2. The van der Waals surface area contributed by atoms with E-state index in [1.54, 1.807) is 55.7 Å². The van der Waals surface area contributed by atoms with E-state index < -0.39 is 18.4 Å². The van der Waals surface area contributed by atoms with Gasteiger partial charge in [-0.3, -0.25) is 24.2 Å². The van der Waals surface area contributed by atoms with Gasteiger partial charge in [0.2, 0.25) is 0 Å². The molecule has 0 atom stereocenters. The van der Waals surface area contributed by atoms with Crippen LogP contribution in [0.1, 0.15) is 5.56 Å². The lowest BCUT2D eigenvalue weighted by Crippen LogP contribution is -2.32. The summed E-state index contributed by atoms with van der Waals surface area (Å²) in [7, 11) is 1.57. The molecule has 0 aliphatic carbocycles. The van der Waals surface area contributed by atoms with Crippen molar-refractivity contribution in [1.82, 2.24) is 9.88 Å². The average molecular weight is 394 g/mol. The molecule has 1 aromatic carbocycles. The molecule has 2 aromatic rings. The molecule has 1 fully saturated rings. The van der Waals surface area contributed by atoms with E-state index in [2.05, 4.69) is 9.98 Å². The molecule has 28 heavy (non-hydrogen) atoms. The van der Waals surface area contributed by atoms with Gasteiger partial charge in [-0.25, -0.2) is 9.98 Å². The van der Waals surface area contributed by atoms with Gasteiger partial charge in [-0.2, -0.15) is 0 Å². The monoisotopic (exact) mass is 394 g/mol. The van der Waals surface area contributed by atoms with Gasteiger partial charge < -0.3 is 5.11 Å². The number of benzene rings is 1. The average Bonchev–Trinajstić information content (AvgIpc) is 3.11. The summed E-state index contributed by atoms with van der Waals surface area (Å²) >= 11 is 1.08. The van der Waals surface area contributed by atoms with E-state index in [1.807, 2.05) is 0 Å². The largest absolute Gasteiger partial charge is 0.480 e. The molecular weight excluding hydrogens is 380 g/mol. The molecule has 1 saturated heterocycles. The van der Waals surface area contributed by atoms with E-state index in [9.17, 15) is 14.4 Å². The van der Waals surface area contributed by atoms with Gasteiger partial charge in [-0.1, -0.05) is 24.3 Å². The number of para-hydroxylation sites is 1. The summed E-state index contributed by atoms with van der Waals surface area (Å²) in [6.45, 7) is -0.476. The summed E-state index contributed by atoms with van der Waals surface area (Å²) in [4.78, 5) is 48.3. The number of carboxylic acids is 1. The number of carboxylic acid groups (broad SMARTS) is 1.